The van der Waals surface area contributed by atoms with E-state index in [1.807, 2.05) is 55.5 Å². The summed E-state index contributed by atoms with van der Waals surface area (Å²) in [4.78, 5) is 0. The van der Waals surface area contributed by atoms with Crippen LogP contribution in [0.1, 0.15) is 24.5 Å². The summed E-state index contributed by atoms with van der Waals surface area (Å²) in [6, 6.07) is 20.1. The molecule has 2 aromatic carbocycles. The van der Waals surface area contributed by atoms with Crippen molar-refractivity contribution in [2.75, 3.05) is 0 Å². The van der Waals surface area contributed by atoms with E-state index < -0.39 is 6.10 Å². The van der Waals surface area contributed by atoms with Crippen molar-refractivity contribution in [1.29, 1.82) is 0 Å². The van der Waals surface area contributed by atoms with E-state index in [4.69, 9.17) is 4.74 Å². The van der Waals surface area contributed by atoms with Crippen molar-refractivity contribution in [2.24, 2.45) is 0 Å². The van der Waals surface area contributed by atoms with Gasteiger partial charge in [-0.25, -0.2) is 0 Å². The lowest BCUT2D eigenvalue weighted by molar-refractivity contribution is -0.0660. The molecule has 2 unspecified atom stereocenters. The largest absolute Gasteiger partial charge is 0.389 e. The summed E-state index contributed by atoms with van der Waals surface area (Å²) in [6.07, 6.45) is -0.228. The standard InChI is InChI=1S/C18H23NO2/c1-2-17(20)18(19-13-15-9-5-3-6-10-15)21-14-16-11-7-4-8-12-16/h3-12,17-20H,2,13-14H2,1H3. The number of ether oxygens (including phenoxy) is 1. The van der Waals surface area contributed by atoms with Gasteiger partial charge in [0, 0.05) is 6.54 Å². The molecular formula is C18H23NO2. The van der Waals surface area contributed by atoms with Crippen LogP contribution in [0.25, 0.3) is 0 Å². The molecule has 21 heavy (non-hydrogen) atoms. The van der Waals surface area contributed by atoms with Crippen molar-refractivity contribution in [1.82, 2.24) is 5.32 Å². The van der Waals surface area contributed by atoms with Crippen molar-refractivity contribution in [2.45, 2.75) is 38.8 Å². The van der Waals surface area contributed by atoms with Crippen molar-refractivity contribution in [3.63, 3.8) is 0 Å². The van der Waals surface area contributed by atoms with Gasteiger partial charge in [-0.3, -0.25) is 5.32 Å². The molecule has 2 rings (SSSR count). The molecule has 2 atom stereocenters. The lowest BCUT2D eigenvalue weighted by Gasteiger charge is -2.24. The van der Waals surface area contributed by atoms with Crippen LogP contribution in [-0.4, -0.2) is 17.4 Å². The molecule has 3 heteroatoms. The van der Waals surface area contributed by atoms with Crippen LogP contribution in [-0.2, 0) is 17.9 Å². The van der Waals surface area contributed by atoms with Gasteiger partial charge in [-0.2, -0.15) is 0 Å². The molecule has 0 fully saturated rings. The lowest BCUT2D eigenvalue weighted by atomic mass is 10.2. The first-order chi connectivity index (χ1) is 10.3. The zero-order chi connectivity index (χ0) is 14.9. The molecule has 0 aliphatic carbocycles. The summed E-state index contributed by atoms with van der Waals surface area (Å²) in [7, 11) is 0. The topological polar surface area (TPSA) is 41.5 Å². The van der Waals surface area contributed by atoms with E-state index >= 15 is 0 Å². The van der Waals surface area contributed by atoms with Crippen molar-refractivity contribution in [3.05, 3.63) is 71.8 Å². The molecule has 0 saturated carbocycles. The number of rotatable bonds is 8. The number of aliphatic hydroxyl groups excluding tert-OH is 1. The van der Waals surface area contributed by atoms with E-state index in [1.54, 1.807) is 0 Å². The highest BCUT2D eigenvalue weighted by atomic mass is 16.5. The zero-order valence-electron chi connectivity index (χ0n) is 12.4. The monoisotopic (exact) mass is 285 g/mol. The second-order valence-corrected chi connectivity index (χ2v) is 5.06. The molecule has 0 aliphatic heterocycles. The van der Waals surface area contributed by atoms with Gasteiger partial charge in [0.15, 0.2) is 0 Å². The molecule has 2 N–H and O–H groups in total. The Balaban J connectivity index is 1.88. The molecule has 3 nitrogen and oxygen atoms in total. The van der Waals surface area contributed by atoms with Crippen LogP contribution in [0.2, 0.25) is 0 Å². The zero-order valence-corrected chi connectivity index (χ0v) is 12.4. The summed E-state index contributed by atoms with van der Waals surface area (Å²) < 4.78 is 5.84. The van der Waals surface area contributed by atoms with Crippen molar-refractivity contribution >= 4 is 0 Å². The molecule has 0 radical (unpaired) electrons. The number of hydrogen-bond acceptors (Lipinski definition) is 3. The van der Waals surface area contributed by atoms with Gasteiger partial charge in [-0.15, -0.1) is 0 Å². The van der Waals surface area contributed by atoms with Gasteiger partial charge in [0.25, 0.3) is 0 Å². The second kappa shape index (κ2) is 8.57. The smallest absolute Gasteiger partial charge is 0.135 e. The predicted molar refractivity (Wildman–Crippen MR) is 84.6 cm³/mol. The molecule has 0 spiro atoms. The summed E-state index contributed by atoms with van der Waals surface area (Å²) in [6.45, 7) is 3.12. The summed E-state index contributed by atoms with van der Waals surface area (Å²) in [5.74, 6) is 0. The third-order valence-corrected chi connectivity index (χ3v) is 3.39. The van der Waals surface area contributed by atoms with E-state index in [0.717, 1.165) is 5.56 Å². The van der Waals surface area contributed by atoms with E-state index in [1.165, 1.54) is 5.56 Å². The molecule has 0 heterocycles. The lowest BCUT2D eigenvalue weighted by Crippen LogP contribution is -2.41. The van der Waals surface area contributed by atoms with Gasteiger partial charge in [0.05, 0.1) is 12.7 Å². The Morgan fingerprint density at radius 2 is 1.52 bits per heavy atom. The summed E-state index contributed by atoms with van der Waals surface area (Å²) in [5.41, 5.74) is 2.28. The Morgan fingerprint density at radius 3 is 2.10 bits per heavy atom. The van der Waals surface area contributed by atoms with Crippen LogP contribution >= 0.6 is 0 Å². The van der Waals surface area contributed by atoms with E-state index in [0.29, 0.717) is 19.6 Å². The maximum Gasteiger partial charge on any atom is 0.135 e. The highest BCUT2D eigenvalue weighted by molar-refractivity contribution is 5.15. The van der Waals surface area contributed by atoms with Gasteiger partial charge in [-0.1, -0.05) is 67.6 Å². The average Bonchev–Trinajstić information content (AvgIpc) is 2.56. The third-order valence-electron chi connectivity index (χ3n) is 3.39. The molecular weight excluding hydrogens is 262 g/mol. The first-order valence-electron chi connectivity index (χ1n) is 7.40. The minimum Gasteiger partial charge on any atom is -0.389 e. The minimum atomic E-state index is -0.516. The van der Waals surface area contributed by atoms with E-state index in [2.05, 4.69) is 17.4 Å². The first-order valence-corrected chi connectivity index (χ1v) is 7.40. The van der Waals surface area contributed by atoms with Crippen molar-refractivity contribution < 1.29 is 9.84 Å². The highest BCUT2D eigenvalue weighted by Gasteiger charge is 2.17. The second-order valence-electron chi connectivity index (χ2n) is 5.06. The first kappa shape index (κ1) is 15.7. The van der Waals surface area contributed by atoms with Gasteiger partial charge in [0.1, 0.15) is 6.23 Å². The van der Waals surface area contributed by atoms with Gasteiger partial charge >= 0.3 is 0 Å². The van der Waals surface area contributed by atoms with Crippen LogP contribution in [0.5, 0.6) is 0 Å². The Labute approximate surface area is 126 Å². The number of aliphatic hydroxyl groups is 1. The Bertz CT molecular complexity index is 458. The van der Waals surface area contributed by atoms with Crippen LogP contribution in [0.15, 0.2) is 60.7 Å². The van der Waals surface area contributed by atoms with Crippen LogP contribution < -0.4 is 5.32 Å². The number of benzene rings is 2. The normalized spacial score (nSPS) is 13.8. The van der Waals surface area contributed by atoms with E-state index in [-0.39, 0.29) is 6.23 Å². The SMILES string of the molecule is CCC(O)C(NCc1ccccc1)OCc1ccccc1. The fourth-order valence-electron chi connectivity index (χ4n) is 2.09. The maximum atomic E-state index is 10.1. The minimum absolute atomic E-state index is 0.365. The maximum absolute atomic E-state index is 10.1. The molecule has 0 aliphatic rings. The van der Waals surface area contributed by atoms with Gasteiger partial charge < -0.3 is 9.84 Å². The molecule has 0 saturated heterocycles. The van der Waals surface area contributed by atoms with Gasteiger partial charge in [-0.05, 0) is 17.5 Å². The number of hydrogen-bond donors (Lipinski definition) is 2. The van der Waals surface area contributed by atoms with Gasteiger partial charge in [0.2, 0.25) is 0 Å². The number of nitrogens with one attached hydrogen (secondary N) is 1. The quantitative estimate of drug-likeness (QED) is 0.732. The molecule has 0 bridgehead atoms. The third kappa shape index (κ3) is 5.31. The average molecular weight is 285 g/mol. The Hall–Kier alpha value is -1.68. The van der Waals surface area contributed by atoms with E-state index in [9.17, 15) is 5.11 Å². The highest BCUT2D eigenvalue weighted by Crippen LogP contribution is 2.08. The fourth-order valence-corrected chi connectivity index (χ4v) is 2.09. The fraction of sp³-hybridized carbons (Fsp3) is 0.333. The summed E-state index contributed by atoms with van der Waals surface area (Å²) in [5, 5.41) is 13.4. The molecule has 112 valence electrons. The van der Waals surface area contributed by atoms with Crippen molar-refractivity contribution in [3.8, 4) is 0 Å². The molecule has 0 aromatic heterocycles. The van der Waals surface area contributed by atoms with Crippen LogP contribution in [0, 0.1) is 0 Å². The molecule has 2 aromatic rings. The molecule has 0 amide bonds. The Morgan fingerprint density at radius 1 is 0.952 bits per heavy atom. The summed E-state index contributed by atoms with van der Waals surface area (Å²) >= 11 is 0. The van der Waals surface area contributed by atoms with Crippen LogP contribution in [0.4, 0.5) is 0 Å². The Kier molecular flexibility index (Phi) is 6.41. The predicted octanol–water partition coefficient (Wildman–Crippen LogP) is 3.09. The van der Waals surface area contributed by atoms with Crippen LogP contribution in [0.3, 0.4) is 0 Å².